The zero-order chi connectivity index (χ0) is 23.1. The van der Waals surface area contributed by atoms with E-state index < -0.39 is 23.2 Å². The van der Waals surface area contributed by atoms with Gasteiger partial charge in [-0.25, -0.2) is 0 Å². The first-order valence-corrected chi connectivity index (χ1v) is 15.1. The Morgan fingerprint density at radius 1 is 0.583 bits per heavy atom. The van der Waals surface area contributed by atoms with Gasteiger partial charge in [-0.2, -0.15) is 0 Å². The van der Waals surface area contributed by atoms with Gasteiger partial charge in [-0.15, -0.1) is 0 Å². The zero-order valence-electron chi connectivity index (χ0n) is 20.5. The van der Waals surface area contributed by atoms with Crippen LogP contribution in [0.4, 0.5) is 0 Å². The fourth-order valence-electron chi connectivity index (χ4n) is 5.65. The van der Waals surface area contributed by atoms with Gasteiger partial charge in [0.2, 0.25) is 0 Å². The van der Waals surface area contributed by atoms with E-state index in [2.05, 4.69) is 123 Å². The second-order valence-corrected chi connectivity index (χ2v) is 13.0. The van der Waals surface area contributed by atoms with E-state index in [1.165, 1.54) is 33.4 Å². The minimum Gasteiger partial charge on any atom is -1.00 e. The number of hydrogen-bond acceptors (Lipinski definition) is 0. The first-order chi connectivity index (χ1) is 16.7. The maximum absolute atomic E-state index is 2.53. The molecule has 0 aliphatic heterocycles. The fourth-order valence-corrected chi connectivity index (χ4v) is 10.7. The second kappa shape index (κ2) is 11.5. The number of rotatable bonds is 5. The van der Waals surface area contributed by atoms with Gasteiger partial charge in [-0.3, -0.25) is 0 Å². The summed E-state index contributed by atoms with van der Waals surface area (Å²) in [7, 11) is 0. The van der Waals surface area contributed by atoms with Gasteiger partial charge >= 0.3 is 216 Å². The van der Waals surface area contributed by atoms with Crippen LogP contribution in [0.25, 0.3) is 34.4 Å². The third kappa shape index (κ3) is 4.75. The minimum absolute atomic E-state index is 0. The second-order valence-electron chi connectivity index (χ2n) is 9.34. The van der Waals surface area contributed by atoms with Gasteiger partial charge < -0.3 is 24.8 Å². The fraction of sp³-hybridized carbons (Fsp3) is 0.152. The Morgan fingerprint density at radius 3 is 1.61 bits per heavy atom. The van der Waals surface area contributed by atoms with Gasteiger partial charge in [0.1, 0.15) is 0 Å². The van der Waals surface area contributed by atoms with E-state index in [0.717, 1.165) is 6.42 Å². The van der Waals surface area contributed by atoms with Crippen LogP contribution in [0.1, 0.15) is 49.8 Å². The van der Waals surface area contributed by atoms with E-state index in [1.807, 2.05) is 0 Å². The summed E-state index contributed by atoms with van der Waals surface area (Å²) in [5.74, 6) is 0. The van der Waals surface area contributed by atoms with Gasteiger partial charge in [0.25, 0.3) is 0 Å². The summed E-state index contributed by atoms with van der Waals surface area (Å²) in [6, 6.07) is 35.7. The summed E-state index contributed by atoms with van der Waals surface area (Å²) in [6.07, 6.45) is 6.15. The monoisotopic (exact) mass is 584 g/mol. The first-order valence-electron chi connectivity index (χ1n) is 12.3. The number of halogens is 2. The molecule has 0 nitrogen and oxygen atoms in total. The van der Waals surface area contributed by atoms with Crippen LogP contribution in [0, 0.1) is 0 Å². The average Bonchev–Trinajstić information content (AvgIpc) is 3.42. The Labute approximate surface area is 238 Å². The molecule has 0 spiro atoms. The van der Waals surface area contributed by atoms with Crippen molar-refractivity contribution in [3.63, 3.8) is 0 Å². The average molecular weight is 587 g/mol. The summed E-state index contributed by atoms with van der Waals surface area (Å²) < 4.78 is 1.28. The summed E-state index contributed by atoms with van der Waals surface area (Å²) in [5.41, 5.74) is 14.7. The largest absolute Gasteiger partial charge is 1.00 e. The molecule has 178 valence electrons. The van der Waals surface area contributed by atoms with Crippen molar-refractivity contribution in [1.82, 2.24) is 0 Å². The predicted molar refractivity (Wildman–Crippen MR) is 141 cm³/mol. The van der Waals surface area contributed by atoms with Crippen molar-refractivity contribution in [2.45, 2.75) is 27.5 Å². The molecule has 0 radical (unpaired) electrons. The maximum atomic E-state index is 2.53. The van der Waals surface area contributed by atoms with E-state index in [4.69, 9.17) is 0 Å². The van der Waals surface area contributed by atoms with Crippen molar-refractivity contribution in [3.05, 3.63) is 130 Å². The van der Waals surface area contributed by atoms with E-state index in [-0.39, 0.29) is 24.8 Å². The van der Waals surface area contributed by atoms with E-state index in [1.54, 1.807) is 22.3 Å². The molecular formula is C33H28Cl2Zr. The molecule has 0 saturated heterocycles. The molecule has 3 heteroatoms. The Bertz CT molecular complexity index is 1420. The quantitative estimate of drug-likeness (QED) is 0.337. The summed E-state index contributed by atoms with van der Waals surface area (Å²) in [6.45, 7) is 4.71. The summed E-state index contributed by atoms with van der Waals surface area (Å²) in [4.78, 5) is 0. The van der Waals surface area contributed by atoms with Gasteiger partial charge in [0.05, 0.1) is 0 Å². The molecule has 2 unspecified atom stereocenters. The number of allylic oxidation sites excluding steroid dienone is 2. The number of hydrogen-bond donors (Lipinski definition) is 0. The zero-order valence-corrected chi connectivity index (χ0v) is 24.5. The molecule has 0 amide bonds. The number of fused-ring (bicyclic) bond motifs is 2. The molecule has 0 aromatic heterocycles. The summed E-state index contributed by atoms with van der Waals surface area (Å²) in [5, 5.41) is 0. The normalized spacial score (nSPS) is 17.1. The molecule has 36 heavy (non-hydrogen) atoms. The van der Waals surface area contributed by atoms with E-state index in [9.17, 15) is 0 Å². The van der Waals surface area contributed by atoms with Crippen LogP contribution in [-0.2, 0) is 23.2 Å². The van der Waals surface area contributed by atoms with Crippen molar-refractivity contribution in [3.8, 4) is 22.3 Å². The SMILES string of the molecule is CCC1=Cc2c(-c3ccccc3)cccc2[CH]1[Zr+2][CH]1C(C)=Cc2c(-c3ccccc3)cccc21.[Cl-].[Cl-]. The number of benzene rings is 4. The smallest absolute Gasteiger partial charge is 1.00 e. The molecule has 4 aromatic rings. The molecule has 4 aromatic carbocycles. The third-order valence-corrected chi connectivity index (χ3v) is 12.5. The van der Waals surface area contributed by atoms with E-state index in [0.29, 0.717) is 7.25 Å². The van der Waals surface area contributed by atoms with Crippen molar-refractivity contribution in [2.24, 2.45) is 0 Å². The van der Waals surface area contributed by atoms with Crippen LogP contribution in [0.5, 0.6) is 0 Å². The Morgan fingerprint density at radius 2 is 1.08 bits per heavy atom. The topological polar surface area (TPSA) is 0 Å². The Hall–Kier alpha value is -2.18. The Kier molecular flexibility index (Phi) is 8.57. The van der Waals surface area contributed by atoms with Crippen molar-refractivity contribution in [1.29, 1.82) is 0 Å². The van der Waals surface area contributed by atoms with Crippen molar-refractivity contribution >= 4 is 12.2 Å². The van der Waals surface area contributed by atoms with Crippen LogP contribution >= 0.6 is 0 Å². The molecule has 2 aliphatic rings. The van der Waals surface area contributed by atoms with E-state index >= 15 is 0 Å². The molecule has 0 fully saturated rings. The first kappa shape index (κ1) is 26.9. The minimum atomic E-state index is -0.851. The Balaban J connectivity index is 0.00000152. The molecule has 6 rings (SSSR count). The van der Waals surface area contributed by atoms with Crippen LogP contribution in [0.3, 0.4) is 0 Å². The molecule has 0 saturated carbocycles. The van der Waals surface area contributed by atoms with Crippen LogP contribution in [0.2, 0.25) is 0 Å². The van der Waals surface area contributed by atoms with Crippen LogP contribution in [-0.4, -0.2) is 0 Å². The molecule has 0 heterocycles. The van der Waals surface area contributed by atoms with Gasteiger partial charge in [0.15, 0.2) is 0 Å². The van der Waals surface area contributed by atoms with Crippen LogP contribution in [0.15, 0.2) is 108 Å². The van der Waals surface area contributed by atoms with Gasteiger partial charge in [-0.1, -0.05) is 0 Å². The van der Waals surface area contributed by atoms with Gasteiger partial charge in [0, 0.05) is 0 Å². The third-order valence-electron chi connectivity index (χ3n) is 7.34. The summed E-state index contributed by atoms with van der Waals surface area (Å²) >= 11 is -0.851. The molecule has 0 bridgehead atoms. The van der Waals surface area contributed by atoms with Crippen LogP contribution < -0.4 is 24.8 Å². The predicted octanol–water partition coefficient (Wildman–Crippen LogP) is 3.12. The molecule has 2 aliphatic carbocycles. The molecule has 2 atom stereocenters. The molecule has 0 N–H and O–H groups in total. The van der Waals surface area contributed by atoms with Gasteiger partial charge in [-0.05, 0) is 0 Å². The molecular weight excluding hydrogens is 558 g/mol. The van der Waals surface area contributed by atoms with Crippen molar-refractivity contribution in [2.75, 3.05) is 0 Å². The van der Waals surface area contributed by atoms with Crippen molar-refractivity contribution < 1.29 is 48.0 Å². The standard InChI is InChI=1S/C17H15.C16H13.2ClH.Zr/c1-2-13-11-15-9-6-10-16(17(15)12-13)14-7-4-3-5-8-14;1-12-10-14-8-5-9-15(16(14)11-12)13-6-3-2-4-7-13;;;/h3-12H,2H2,1H3;2-11H,1H3;2*1H;/q;;;;+2/p-2. The maximum Gasteiger partial charge on any atom is -1.00 e.